The van der Waals surface area contributed by atoms with E-state index in [9.17, 15) is 18.4 Å². The Balaban J connectivity index is 1.38. The van der Waals surface area contributed by atoms with E-state index in [-0.39, 0.29) is 47.5 Å². The lowest BCUT2D eigenvalue weighted by molar-refractivity contribution is -0.118. The molecule has 1 fully saturated rings. The van der Waals surface area contributed by atoms with Gasteiger partial charge in [-0.3, -0.25) is 9.59 Å². The van der Waals surface area contributed by atoms with E-state index in [1.807, 2.05) is 6.92 Å². The second kappa shape index (κ2) is 7.20. The lowest BCUT2D eigenvalue weighted by Crippen LogP contribution is -2.55. The quantitative estimate of drug-likeness (QED) is 0.875. The van der Waals surface area contributed by atoms with Crippen LogP contribution in [0.4, 0.5) is 14.5 Å². The first-order chi connectivity index (χ1) is 13.4. The van der Waals surface area contributed by atoms with Crippen molar-refractivity contribution in [3.63, 3.8) is 0 Å². The number of anilines is 1. The van der Waals surface area contributed by atoms with Gasteiger partial charge in [0.1, 0.15) is 17.4 Å². The van der Waals surface area contributed by atoms with Crippen molar-refractivity contribution in [2.24, 2.45) is 0 Å². The molecule has 2 aromatic carbocycles. The zero-order valence-electron chi connectivity index (χ0n) is 15.1. The first-order valence-corrected chi connectivity index (χ1v) is 8.87. The molecule has 1 N–H and O–H groups in total. The van der Waals surface area contributed by atoms with Crippen LogP contribution in [0.1, 0.15) is 28.9 Å². The van der Waals surface area contributed by atoms with Gasteiger partial charge in [0, 0.05) is 19.2 Å². The predicted molar refractivity (Wildman–Crippen MR) is 96.1 cm³/mol. The molecular weight excluding hydrogens is 370 g/mol. The Hall–Kier alpha value is -3.00. The minimum atomic E-state index is -0.705. The molecule has 146 valence electrons. The van der Waals surface area contributed by atoms with Crippen LogP contribution in [0.15, 0.2) is 36.4 Å². The van der Waals surface area contributed by atoms with Crippen LogP contribution in [0.25, 0.3) is 0 Å². The first-order valence-electron chi connectivity index (χ1n) is 8.87. The van der Waals surface area contributed by atoms with Crippen LogP contribution in [-0.4, -0.2) is 42.5 Å². The summed E-state index contributed by atoms with van der Waals surface area (Å²) in [6.45, 7) is 2.31. The van der Waals surface area contributed by atoms with Gasteiger partial charge in [0.15, 0.2) is 6.61 Å². The summed E-state index contributed by atoms with van der Waals surface area (Å²) in [5.41, 5.74) is 0.983. The minimum Gasteiger partial charge on any atom is -0.481 e. The van der Waals surface area contributed by atoms with E-state index in [1.54, 1.807) is 12.1 Å². The number of carbonyl (C=O) groups excluding carboxylic acids is 2. The molecule has 0 spiro atoms. The highest BCUT2D eigenvalue weighted by Crippen LogP contribution is 2.32. The van der Waals surface area contributed by atoms with Gasteiger partial charge in [-0.2, -0.15) is 0 Å². The van der Waals surface area contributed by atoms with Crippen molar-refractivity contribution in [1.82, 2.24) is 4.90 Å². The summed E-state index contributed by atoms with van der Waals surface area (Å²) in [6.07, 6.45) is -0.441. The third-order valence-electron chi connectivity index (χ3n) is 4.80. The topological polar surface area (TPSA) is 67.9 Å². The van der Waals surface area contributed by atoms with Crippen molar-refractivity contribution in [3.8, 4) is 5.75 Å². The Morgan fingerprint density at radius 2 is 1.96 bits per heavy atom. The second-order valence-corrected chi connectivity index (χ2v) is 6.83. The molecule has 0 bridgehead atoms. The van der Waals surface area contributed by atoms with Crippen LogP contribution in [0, 0.1) is 11.6 Å². The van der Waals surface area contributed by atoms with Gasteiger partial charge in [0.2, 0.25) is 0 Å². The number of likely N-dealkylation sites (tertiary alicyclic amines) is 1. The molecule has 2 amide bonds. The largest absolute Gasteiger partial charge is 0.481 e. The van der Waals surface area contributed by atoms with Gasteiger partial charge in [-0.15, -0.1) is 0 Å². The van der Waals surface area contributed by atoms with E-state index in [0.29, 0.717) is 13.1 Å². The molecule has 0 radical (unpaired) electrons. The highest BCUT2D eigenvalue weighted by atomic mass is 19.1. The van der Waals surface area contributed by atoms with Gasteiger partial charge in [0.25, 0.3) is 11.8 Å². The van der Waals surface area contributed by atoms with E-state index in [2.05, 4.69) is 5.32 Å². The molecule has 6 nitrogen and oxygen atoms in total. The SMILES string of the molecule is CC(OC1CN(C(=O)c2cc3c(cc2F)OCC(=O)N3)C1)c1ccc(F)cc1. The highest BCUT2D eigenvalue weighted by molar-refractivity contribution is 6.00. The summed E-state index contributed by atoms with van der Waals surface area (Å²) in [7, 11) is 0. The molecule has 2 aromatic rings. The fraction of sp³-hybridized carbons (Fsp3) is 0.300. The molecule has 0 aliphatic carbocycles. The monoisotopic (exact) mass is 388 g/mol. The number of fused-ring (bicyclic) bond motifs is 1. The zero-order chi connectivity index (χ0) is 19.8. The summed E-state index contributed by atoms with van der Waals surface area (Å²) in [5, 5.41) is 2.56. The van der Waals surface area contributed by atoms with Crippen LogP contribution >= 0.6 is 0 Å². The average molecular weight is 388 g/mol. The standard InChI is InChI=1S/C20H18F2N2O4/c1-11(12-2-4-13(21)5-3-12)28-14-8-24(9-14)20(26)15-6-17-18(7-16(15)22)27-10-19(25)23-17/h2-7,11,14H,8-10H2,1H3,(H,23,25). The van der Waals surface area contributed by atoms with Gasteiger partial charge in [-0.1, -0.05) is 12.1 Å². The Bertz CT molecular complexity index is 927. The molecule has 1 saturated heterocycles. The second-order valence-electron chi connectivity index (χ2n) is 6.83. The van der Waals surface area contributed by atoms with Gasteiger partial charge in [-0.05, 0) is 30.7 Å². The Labute approximate surface area is 160 Å². The first kappa shape index (κ1) is 18.4. The number of hydrogen-bond acceptors (Lipinski definition) is 4. The number of hydrogen-bond donors (Lipinski definition) is 1. The number of ether oxygens (including phenoxy) is 2. The van der Waals surface area contributed by atoms with Crippen LogP contribution in [-0.2, 0) is 9.53 Å². The van der Waals surface area contributed by atoms with Crippen molar-refractivity contribution in [3.05, 3.63) is 59.2 Å². The fourth-order valence-electron chi connectivity index (χ4n) is 3.23. The number of nitrogens with one attached hydrogen (secondary N) is 1. The normalized spacial score (nSPS) is 17.2. The predicted octanol–water partition coefficient (Wildman–Crippen LogP) is 2.90. The smallest absolute Gasteiger partial charge is 0.262 e. The summed E-state index contributed by atoms with van der Waals surface area (Å²) in [4.78, 5) is 25.5. The van der Waals surface area contributed by atoms with Crippen LogP contribution < -0.4 is 10.1 Å². The van der Waals surface area contributed by atoms with E-state index in [4.69, 9.17) is 9.47 Å². The molecule has 8 heteroatoms. The van der Waals surface area contributed by atoms with Crippen LogP contribution in [0.2, 0.25) is 0 Å². The number of rotatable bonds is 4. The van der Waals surface area contributed by atoms with Crippen molar-refractivity contribution in [2.75, 3.05) is 25.0 Å². The third kappa shape index (κ3) is 3.55. The molecule has 28 heavy (non-hydrogen) atoms. The molecule has 2 aliphatic rings. The Kier molecular flexibility index (Phi) is 4.72. The summed E-state index contributed by atoms with van der Waals surface area (Å²) in [6, 6.07) is 8.44. The minimum absolute atomic E-state index is 0.130. The zero-order valence-corrected chi connectivity index (χ0v) is 15.1. The van der Waals surface area contributed by atoms with E-state index < -0.39 is 11.7 Å². The third-order valence-corrected chi connectivity index (χ3v) is 4.80. The van der Waals surface area contributed by atoms with Crippen LogP contribution in [0.5, 0.6) is 5.75 Å². The number of amides is 2. The van der Waals surface area contributed by atoms with E-state index >= 15 is 0 Å². The molecule has 4 rings (SSSR count). The molecular formula is C20H18F2N2O4. The summed E-state index contributed by atoms with van der Waals surface area (Å²) >= 11 is 0. The lowest BCUT2D eigenvalue weighted by Gasteiger charge is -2.40. The fourth-order valence-corrected chi connectivity index (χ4v) is 3.23. The number of nitrogens with zero attached hydrogens (tertiary/aromatic N) is 1. The average Bonchev–Trinajstić information content (AvgIpc) is 2.64. The lowest BCUT2D eigenvalue weighted by atomic mass is 10.1. The molecule has 0 saturated carbocycles. The molecule has 2 heterocycles. The maximum absolute atomic E-state index is 14.3. The van der Waals surface area contributed by atoms with Gasteiger partial charge >= 0.3 is 0 Å². The summed E-state index contributed by atoms with van der Waals surface area (Å²) < 4.78 is 38.3. The maximum atomic E-state index is 14.3. The molecule has 2 aliphatic heterocycles. The number of benzene rings is 2. The van der Waals surface area contributed by atoms with Crippen molar-refractivity contribution >= 4 is 17.5 Å². The number of carbonyl (C=O) groups is 2. The number of halogens is 2. The molecule has 0 aromatic heterocycles. The van der Waals surface area contributed by atoms with Crippen molar-refractivity contribution < 1.29 is 27.8 Å². The van der Waals surface area contributed by atoms with E-state index in [1.165, 1.54) is 23.1 Å². The van der Waals surface area contributed by atoms with Crippen molar-refractivity contribution in [1.29, 1.82) is 0 Å². The molecule has 1 unspecified atom stereocenters. The summed E-state index contributed by atoms with van der Waals surface area (Å²) in [5.74, 6) is -1.65. The van der Waals surface area contributed by atoms with Crippen molar-refractivity contribution in [2.45, 2.75) is 19.1 Å². The Morgan fingerprint density at radius 1 is 1.25 bits per heavy atom. The maximum Gasteiger partial charge on any atom is 0.262 e. The van der Waals surface area contributed by atoms with Crippen LogP contribution in [0.3, 0.4) is 0 Å². The molecule has 1 atom stereocenters. The Morgan fingerprint density at radius 3 is 2.68 bits per heavy atom. The van der Waals surface area contributed by atoms with Gasteiger partial charge in [0.05, 0.1) is 23.5 Å². The van der Waals surface area contributed by atoms with Gasteiger partial charge in [-0.25, -0.2) is 8.78 Å². The van der Waals surface area contributed by atoms with Gasteiger partial charge < -0.3 is 19.7 Å². The van der Waals surface area contributed by atoms with E-state index in [0.717, 1.165) is 11.6 Å². The highest BCUT2D eigenvalue weighted by Gasteiger charge is 2.35.